The number of amides is 2. The Morgan fingerprint density at radius 3 is 2.62 bits per heavy atom. The van der Waals surface area contributed by atoms with Gasteiger partial charge in [0.05, 0.1) is 24.9 Å². The first-order chi connectivity index (χ1) is 12.6. The molecule has 2 atom stereocenters. The van der Waals surface area contributed by atoms with E-state index < -0.39 is 0 Å². The third-order valence-corrected chi connectivity index (χ3v) is 5.77. The summed E-state index contributed by atoms with van der Waals surface area (Å²) in [5.74, 6) is 1.68. The van der Waals surface area contributed by atoms with Crippen LogP contribution in [0.1, 0.15) is 37.1 Å². The van der Waals surface area contributed by atoms with Gasteiger partial charge in [-0.15, -0.1) is 0 Å². The Bertz CT molecular complexity index is 661. The third kappa shape index (κ3) is 3.92. The SMILES string of the molecule is Cc1cc(C[C@@H]2COC[C@@H]2NC(=O)C2CCN(C(=O)C3CC3)CC2)on1. The molecule has 3 fully saturated rings. The van der Waals surface area contributed by atoms with Gasteiger partial charge in [0, 0.05) is 43.3 Å². The fourth-order valence-corrected chi connectivity index (χ4v) is 3.98. The van der Waals surface area contributed by atoms with Crippen molar-refractivity contribution >= 4 is 11.8 Å². The van der Waals surface area contributed by atoms with Gasteiger partial charge < -0.3 is 19.5 Å². The molecule has 3 aliphatic rings. The zero-order chi connectivity index (χ0) is 18.1. The summed E-state index contributed by atoms with van der Waals surface area (Å²) in [6.07, 6.45) is 4.30. The summed E-state index contributed by atoms with van der Waals surface area (Å²) >= 11 is 0. The minimum atomic E-state index is -0.00738. The maximum atomic E-state index is 12.7. The Morgan fingerprint density at radius 1 is 1.19 bits per heavy atom. The lowest BCUT2D eigenvalue weighted by molar-refractivity contribution is -0.136. The summed E-state index contributed by atoms with van der Waals surface area (Å²) < 4.78 is 10.9. The van der Waals surface area contributed by atoms with Crippen LogP contribution in [0.3, 0.4) is 0 Å². The smallest absolute Gasteiger partial charge is 0.225 e. The van der Waals surface area contributed by atoms with Crippen LogP contribution >= 0.6 is 0 Å². The van der Waals surface area contributed by atoms with Crippen molar-refractivity contribution in [1.82, 2.24) is 15.4 Å². The van der Waals surface area contributed by atoms with E-state index in [1.807, 2.05) is 17.9 Å². The Kier molecular flexibility index (Phi) is 4.98. The van der Waals surface area contributed by atoms with Crippen LogP contribution in [0.25, 0.3) is 0 Å². The highest BCUT2D eigenvalue weighted by Crippen LogP contribution is 2.32. The molecule has 4 rings (SSSR count). The number of aromatic nitrogens is 1. The van der Waals surface area contributed by atoms with Crippen LogP contribution in [-0.2, 0) is 20.7 Å². The van der Waals surface area contributed by atoms with Crippen molar-refractivity contribution in [2.24, 2.45) is 17.8 Å². The van der Waals surface area contributed by atoms with Gasteiger partial charge in [-0.1, -0.05) is 5.16 Å². The van der Waals surface area contributed by atoms with Gasteiger partial charge in [-0.05, 0) is 32.6 Å². The first-order valence-electron chi connectivity index (χ1n) is 9.69. The fourth-order valence-electron chi connectivity index (χ4n) is 3.98. The standard InChI is InChI=1S/C19H27N3O4/c1-12-8-16(26-21-12)9-15-10-25-11-17(15)20-18(23)13-4-6-22(7-5-13)19(24)14-2-3-14/h8,13-15,17H,2-7,9-11H2,1H3,(H,20,23)/t15-,17+/m1/s1. The van der Waals surface area contributed by atoms with E-state index in [9.17, 15) is 9.59 Å². The number of likely N-dealkylation sites (tertiary alicyclic amines) is 1. The number of hydrogen-bond donors (Lipinski definition) is 1. The molecule has 2 saturated heterocycles. The molecule has 2 amide bonds. The zero-order valence-electron chi connectivity index (χ0n) is 15.3. The first kappa shape index (κ1) is 17.5. The molecule has 1 saturated carbocycles. The number of carbonyl (C=O) groups is 2. The lowest BCUT2D eigenvalue weighted by atomic mass is 9.93. The second-order valence-electron chi connectivity index (χ2n) is 7.93. The summed E-state index contributed by atoms with van der Waals surface area (Å²) in [7, 11) is 0. The molecule has 142 valence electrons. The minimum absolute atomic E-state index is 0.00738. The summed E-state index contributed by atoms with van der Waals surface area (Å²) in [4.78, 5) is 26.7. The predicted octanol–water partition coefficient (Wildman–Crippen LogP) is 1.31. The topological polar surface area (TPSA) is 84.7 Å². The fraction of sp³-hybridized carbons (Fsp3) is 0.737. The van der Waals surface area contributed by atoms with E-state index in [4.69, 9.17) is 9.26 Å². The number of carbonyl (C=O) groups excluding carboxylic acids is 2. The van der Waals surface area contributed by atoms with Crippen LogP contribution < -0.4 is 5.32 Å². The van der Waals surface area contributed by atoms with Crippen LogP contribution in [-0.4, -0.2) is 54.2 Å². The molecule has 7 heteroatoms. The van der Waals surface area contributed by atoms with Gasteiger partial charge >= 0.3 is 0 Å². The highest BCUT2D eigenvalue weighted by Gasteiger charge is 2.37. The summed E-state index contributed by atoms with van der Waals surface area (Å²) in [5.41, 5.74) is 0.868. The van der Waals surface area contributed by atoms with E-state index in [-0.39, 0.29) is 35.6 Å². The second kappa shape index (κ2) is 7.39. The number of nitrogens with one attached hydrogen (secondary N) is 1. The van der Waals surface area contributed by atoms with E-state index >= 15 is 0 Å². The molecule has 3 heterocycles. The number of aryl methyl sites for hydroxylation is 1. The van der Waals surface area contributed by atoms with Gasteiger partial charge in [0.15, 0.2) is 0 Å². The molecule has 2 aliphatic heterocycles. The molecular weight excluding hydrogens is 334 g/mol. The highest BCUT2D eigenvalue weighted by atomic mass is 16.5. The molecule has 0 unspecified atom stereocenters. The summed E-state index contributed by atoms with van der Waals surface area (Å²) in [6.45, 7) is 4.48. The van der Waals surface area contributed by atoms with Crippen molar-refractivity contribution in [2.45, 2.75) is 45.1 Å². The van der Waals surface area contributed by atoms with E-state index in [1.165, 1.54) is 0 Å². The van der Waals surface area contributed by atoms with Crippen LogP contribution in [0.4, 0.5) is 0 Å². The Balaban J connectivity index is 1.26. The van der Waals surface area contributed by atoms with Crippen molar-refractivity contribution in [3.8, 4) is 0 Å². The molecule has 1 aromatic rings. The molecule has 0 aromatic carbocycles. The quantitative estimate of drug-likeness (QED) is 0.855. The van der Waals surface area contributed by atoms with Crippen molar-refractivity contribution in [3.05, 3.63) is 17.5 Å². The van der Waals surface area contributed by atoms with Gasteiger partial charge in [0.1, 0.15) is 5.76 Å². The molecule has 1 aromatic heterocycles. The van der Waals surface area contributed by atoms with Gasteiger partial charge in [-0.2, -0.15) is 0 Å². The second-order valence-corrected chi connectivity index (χ2v) is 7.93. The Morgan fingerprint density at radius 2 is 1.96 bits per heavy atom. The Hall–Kier alpha value is -1.89. The molecule has 0 spiro atoms. The van der Waals surface area contributed by atoms with Crippen LogP contribution in [0.5, 0.6) is 0 Å². The van der Waals surface area contributed by atoms with Gasteiger partial charge in [-0.25, -0.2) is 0 Å². The lowest BCUT2D eigenvalue weighted by Crippen LogP contribution is -2.47. The largest absolute Gasteiger partial charge is 0.379 e. The lowest BCUT2D eigenvalue weighted by Gasteiger charge is -2.32. The average molecular weight is 361 g/mol. The molecular formula is C19H27N3O4. The Labute approximate surface area is 153 Å². The van der Waals surface area contributed by atoms with Crippen molar-refractivity contribution in [1.29, 1.82) is 0 Å². The molecule has 0 bridgehead atoms. The number of rotatable bonds is 5. The van der Waals surface area contributed by atoms with Crippen molar-refractivity contribution in [3.63, 3.8) is 0 Å². The molecule has 1 N–H and O–H groups in total. The summed E-state index contributed by atoms with van der Waals surface area (Å²) in [5, 5.41) is 7.10. The minimum Gasteiger partial charge on any atom is -0.379 e. The molecule has 26 heavy (non-hydrogen) atoms. The van der Waals surface area contributed by atoms with Crippen LogP contribution in [0.15, 0.2) is 10.6 Å². The van der Waals surface area contributed by atoms with E-state index in [1.54, 1.807) is 0 Å². The van der Waals surface area contributed by atoms with Gasteiger partial charge in [0.25, 0.3) is 0 Å². The van der Waals surface area contributed by atoms with Crippen LogP contribution in [0, 0.1) is 24.7 Å². The van der Waals surface area contributed by atoms with Crippen molar-refractivity contribution in [2.75, 3.05) is 26.3 Å². The van der Waals surface area contributed by atoms with E-state index in [0.29, 0.717) is 26.3 Å². The van der Waals surface area contributed by atoms with Crippen LogP contribution in [0.2, 0.25) is 0 Å². The molecule has 0 radical (unpaired) electrons. The maximum Gasteiger partial charge on any atom is 0.225 e. The number of hydrogen-bond acceptors (Lipinski definition) is 5. The monoisotopic (exact) mass is 361 g/mol. The first-order valence-corrected chi connectivity index (χ1v) is 9.69. The van der Waals surface area contributed by atoms with Gasteiger partial charge in [0.2, 0.25) is 11.8 Å². The van der Waals surface area contributed by atoms with Crippen molar-refractivity contribution < 1.29 is 18.8 Å². The normalized spacial score (nSPS) is 26.9. The average Bonchev–Trinajstić information content (AvgIpc) is 3.29. The highest BCUT2D eigenvalue weighted by molar-refractivity contribution is 5.82. The third-order valence-electron chi connectivity index (χ3n) is 5.77. The van der Waals surface area contributed by atoms with E-state index in [2.05, 4.69) is 10.5 Å². The predicted molar refractivity (Wildman–Crippen MR) is 93.2 cm³/mol. The number of piperidine rings is 1. The van der Waals surface area contributed by atoms with E-state index in [0.717, 1.165) is 43.6 Å². The maximum absolute atomic E-state index is 12.7. The summed E-state index contributed by atoms with van der Waals surface area (Å²) in [6, 6.07) is 1.95. The molecule has 7 nitrogen and oxygen atoms in total. The van der Waals surface area contributed by atoms with Gasteiger partial charge in [-0.3, -0.25) is 9.59 Å². The number of nitrogens with zero attached hydrogens (tertiary/aromatic N) is 2. The molecule has 1 aliphatic carbocycles. The zero-order valence-corrected chi connectivity index (χ0v) is 15.3. The number of ether oxygens (including phenoxy) is 1.